The first kappa shape index (κ1) is 18.8. The van der Waals surface area contributed by atoms with E-state index in [1.54, 1.807) is 12.1 Å². The largest absolute Gasteiger partial charge is 0.478 e. The summed E-state index contributed by atoms with van der Waals surface area (Å²) in [5, 5.41) is 11.9. The lowest BCUT2D eigenvalue weighted by molar-refractivity contribution is 0.0696. The Balaban J connectivity index is 1.90. The Morgan fingerprint density at radius 1 is 1.15 bits per heavy atom. The van der Waals surface area contributed by atoms with Gasteiger partial charge in [-0.25, -0.2) is 4.79 Å². The molecule has 3 N–H and O–H groups in total. The molecule has 1 aromatic heterocycles. The number of carbonyl (C=O) groups is 2. The number of amides is 1. The third kappa shape index (κ3) is 4.43. The smallest absolute Gasteiger partial charge is 0.335 e. The zero-order valence-corrected chi connectivity index (χ0v) is 15.1. The van der Waals surface area contributed by atoms with E-state index < -0.39 is 17.4 Å². The van der Waals surface area contributed by atoms with E-state index >= 15 is 0 Å². The lowest BCUT2D eigenvalue weighted by Crippen LogP contribution is -2.25. The summed E-state index contributed by atoms with van der Waals surface area (Å²) < 4.78 is 5.04. The predicted molar refractivity (Wildman–Crippen MR) is 100 cm³/mol. The molecule has 0 radical (unpaired) electrons. The average Bonchev–Trinajstić information content (AvgIpc) is 2.85. The van der Waals surface area contributed by atoms with E-state index in [0.29, 0.717) is 11.3 Å². The number of nitrogens with one attached hydrogen (secondary N) is 2. The third-order valence-electron chi connectivity index (χ3n) is 4.64. The van der Waals surface area contributed by atoms with E-state index in [-0.39, 0.29) is 17.7 Å². The molecule has 2 aromatic rings. The Kier molecular flexibility index (Phi) is 5.71. The summed E-state index contributed by atoms with van der Waals surface area (Å²) in [6, 6.07) is 6.13. The molecule has 3 rings (SSSR count). The van der Waals surface area contributed by atoms with Crippen LogP contribution in [0.15, 0.2) is 29.1 Å². The maximum absolute atomic E-state index is 12.6. The highest BCUT2D eigenvalue weighted by Crippen LogP contribution is 2.20. The Labute approximate surface area is 156 Å². The van der Waals surface area contributed by atoms with Crippen LogP contribution in [0.25, 0.3) is 0 Å². The van der Waals surface area contributed by atoms with Gasteiger partial charge in [-0.05, 0) is 61.1 Å². The molecule has 0 aliphatic heterocycles. The van der Waals surface area contributed by atoms with Crippen molar-refractivity contribution in [1.29, 1.82) is 0 Å². The van der Waals surface area contributed by atoms with E-state index in [0.717, 1.165) is 43.4 Å². The molecule has 1 heterocycles. The minimum atomic E-state index is -1.11. The number of fused-ring (bicyclic) bond motifs is 1. The van der Waals surface area contributed by atoms with E-state index in [2.05, 4.69) is 10.3 Å². The first-order valence-corrected chi connectivity index (χ1v) is 8.90. The second kappa shape index (κ2) is 8.18. The van der Waals surface area contributed by atoms with Gasteiger partial charge in [0.05, 0.1) is 12.2 Å². The number of carbonyl (C=O) groups excluding carboxylic acids is 1. The van der Waals surface area contributed by atoms with E-state index in [1.807, 2.05) is 0 Å². The van der Waals surface area contributed by atoms with Gasteiger partial charge in [-0.15, -0.1) is 0 Å². The molecule has 0 fully saturated rings. The van der Waals surface area contributed by atoms with Crippen LogP contribution in [0.5, 0.6) is 0 Å². The van der Waals surface area contributed by atoms with Crippen LogP contribution >= 0.6 is 0 Å². The molecule has 0 saturated carbocycles. The van der Waals surface area contributed by atoms with Crippen LogP contribution in [-0.2, 0) is 24.2 Å². The molecule has 0 unspecified atom stereocenters. The van der Waals surface area contributed by atoms with Gasteiger partial charge in [0.25, 0.3) is 11.5 Å². The van der Waals surface area contributed by atoms with Gasteiger partial charge in [0.2, 0.25) is 0 Å². The van der Waals surface area contributed by atoms with Gasteiger partial charge in [0, 0.05) is 18.5 Å². The molecule has 0 atom stereocenters. The van der Waals surface area contributed by atoms with Crippen LogP contribution < -0.4 is 10.9 Å². The van der Waals surface area contributed by atoms with Gasteiger partial charge in [-0.3, -0.25) is 9.59 Å². The zero-order chi connectivity index (χ0) is 19.4. The number of hydrogen-bond donors (Lipinski definition) is 3. The van der Waals surface area contributed by atoms with Crippen molar-refractivity contribution in [2.75, 3.05) is 12.4 Å². The molecule has 0 saturated heterocycles. The summed E-state index contributed by atoms with van der Waals surface area (Å²) in [5.41, 5.74) is 2.46. The van der Waals surface area contributed by atoms with Crippen LogP contribution in [0.3, 0.4) is 0 Å². The maximum atomic E-state index is 12.6. The van der Waals surface area contributed by atoms with Crippen molar-refractivity contribution in [3.05, 3.63) is 62.6 Å². The first-order chi connectivity index (χ1) is 13.0. The molecule has 7 heteroatoms. The van der Waals surface area contributed by atoms with Gasteiger partial charge < -0.3 is 20.1 Å². The average molecular weight is 370 g/mol. The number of ether oxygens (including phenoxy) is 1. The highest BCUT2D eigenvalue weighted by Gasteiger charge is 2.17. The fraction of sp³-hybridized carbons (Fsp3) is 0.350. The Hall–Kier alpha value is -2.93. The minimum absolute atomic E-state index is 0.0321. The van der Waals surface area contributed by atoms with Gasteiger partial charge in [-0.2, -0.15) is 0 Å². The lowest BCUT2D eigenvalue weighted by atomic mass is 10.1. The topological polar surface area (TPSA) is 108 Å². The zero-order valence-electron chi connectivity index (χ0n) is 15.1. The maximum Gasteiger partial charge on any atom is 0.335 e. The van der Waals surface area contributed by atoms with Crippen LogP contribution in [0, 0.1) is 0 Å². The Bertz CT molecular complexity index is 932. The number of pyridine rings is 1. The third-order valence-corrected chi connectivity index (χ3v) is 4.64. The summed E-state index contributed by atoms with van der Waals surface area (Å²) in [6.45, 7) is 0.212. The molecule has 1 aromatic carbocycles. The number of benzene rings is 1. The summed E-state index contributed by atoms with van der Waals surface area (Å²) in [4.78, 5) is 39.1. The number of anilines is 1. The quantitative estimate of drug-likeness (QED) is 0.701. The Morgan fingerprint density at radius 3 is 2.67 bits per heavy atom. The highest BCUT2D eigenvalue weighted by atomic mass is 16.5. The van der Waals surface area contributed by atoms with Gasteiger partial charge >= 0.3 is 5.97 Å². The first-order valence-electron chi connectivity index (χ1n) is 8.90. The van der Waals surface area contributed by atoms with Crippen molar-refractivity contribution in [3.63, 3.8) is 0 Å². The molecule has 7 nitrogen and oxygen atoms in total. The number of aryl methyl sites for hydroxylation is 2. The van der Waals surface area contributed by atoms with Crippen molar-refractivity contribution >= 4 is 17.6 Å². The number of rotatable bonds is 5. The minimum Gasteiger partial charge on any atom is -0.478 e. The summed E-state index contributed by atoms with van der Waals surface area (Å²) in [7, 11) is 1.50. The second-order valence-corrected chi connectivity index (χ2v) is 6.69. The fourth-order valence-corrected chi connectivity index (χ4v) is 3.36. The predicted octanol–water partition coefficient (Wildman–Crippen LogP) is 2.74. The van der Waals surface area contributed by atoms with Crippen molar-refractivity contribution < 1.29 is 19.4 Å². The summed E-state index contributed by atoms with van der Waals surface area (Å²) in [6.07, 6.45) is 4.80. The number of aromatic amines is 1. The number of aromatic carboxylic acids is 1. The van der Waals surface area contributed by atoms with Crippen molar-refractivity contribution in [1.82, 2.24) is 4.98 Å². The number of carboxylic acid groups (broad SMARTS) is 1. The van der Waals surface area contributed by atoms with Crippen LogP contribution in [0.2, 0.25) is 0 Å². The van der Waals surface area contributed by atoms with Crippen molar-refractivity contribution in [2.45, 2.75) is 38.7 Å². The van der Waals surface area contributed by atoms with Crippen LogP contribution in [0.1, 0.15) is 56.8 Å². The standard InChI is InChI=1S/C20H22N2O5/c1-27-11-12-7-14(20(25)26)9-15(8-12)21-18(23)16-10-13-5-3-2-4-6-17(13)22-19(16)24/h7-10H,2-6,11H2,1H3,(H,21,23)(H,22,24)(H,25,26). The van der Waals surface area contributed by atoms with Gasteiger partial charge in [0.1, 0.15) is 5.56 Å². The van der Waals surface area contributed by atoms with Gasteiger partial charge in [-0.1, -0.05) is 6.42 Å². The monoisotopic (exact) mass is 370 g/mol. The van der Waals surface area contributed by atoms with Crippen LogP contribution in [-0.4, -0.2) is 29.1 Å². The van der Waals surface area contributed by atoms with Gasteiger partial charge in [0.15, 0.2) is 0 Å². The molecular formula is C20H22N2O5. The molecule has 1 aliphatic carbocycles. The summed E-state index contributed by atoms with van der Waals surface area (Å²) >= 11 is 0. The lowest BCUT2D eigenvalue weighted by Gasteiger charge is -2.11. The van der Waals surface area contributed by atoms with E-state index in [9.17, 15) is 19.5 Å². The normalized spacial score (nSPS) is 13.5. The molecule has 0 spiro atoms. The Morgan fingerprint density at radius 2 is 1.93 bits per heavy atom. The SMILES string of the molecule is COCc1cc(NC(=O)c2cc3c([nH]c2=O)CCCCC3)cc(C(=O)O)c1. The molecule has 0 bridgehead atoms. The molecule has 142 valence electrons. The number of hydrogen-bond acceptors (Lipinski definition) is 4. The van der Waals surface area contributed by atoms with Crippen molar-refractivity contribution in [2.24, 2.45) is 0 Å². The molecule has 1 amide bonds. The van der Waals surface area contributed by atoms with E-state index in [1.165, 1.54) is 19.2 Å². The van der Waals surface area contributed by atoms with Crippen molar-refractivity contribution in [3.8, 4) is 0 Å². The molecule has 27 heavy (non-hydrogen) atoms. The molecule has 1 aliphatic rings. The molecular weight excluding hydrogens is 348 g/mol. The fourth-order valence-electron chi connectivity index (χ4n) is 3.36. The number of aromatic nitrogens is 1. The highest BCUT2D eigenvalue weighted by molar-refractivity contribution is 6.04. The van der Waals surface area contributed by atoms with E-state index in [4.69, 9.17) is 4.74 Å². The number of carboxylic acids is 1. The number of methoxy groups -OCH3 is 1. The van der Waals surface area contributed by atoms with Crippen LogP contribution in [0.4, 0.5) is 5.69 Å². The number of H-pyrrole nitrogens is 1. The second-order valence-electron chi connectivity index (χ2n) is 6.69. The summed E-state index contributed by atoms with van der Waals surface area (Å²) in [5.74, 6) is -1.67.